The first-order valence-electron chi connectivity index (χ1n) is 6.27. The van der Waals surface area contributed by atoms with Crippen LogP contribution in [0.2, 0.25) is 0 Å². The Bertz CT molecular complexity index is 193. The number of halogens is 1. The second-order valence-electron chi connectivity index (χ2n) is 4.27. The van der Waals surface area contributed by atoms with Crippen LogP contribution >= 0.6 is 15.9 Å². The molecule has 1 fully saturated rings. The van der Waals surface area contributed by atoms with E-state index in [1.165, 1.54) is 12.8 Å². The largest absolute Gasteiger partial charge is 0.378 e. The van der Waals surface area contributed by atoms with Gasteiger partial charge in [-0.15, -0.1) is 0 Å². The maximum Gasteiger partial charge on any atom is 0.220 e. The van der Waals surface area contributed by atoms with Gasteiger partial charge in [-0.3, -0.25) is 4.79 Å². The van der Waals surface area contributed by atoms with E-state index in [4.69, 9.17) is 4.74 Å². The van der Waals surface area contributed by atoms with Gasteiger partial charge in [0.05, 0.1) is 6.10 Å². The maximum atomic E-state index is 11.5. The number of hydrogen-bond donors (Lipinski definition) is 1. The second kappa shape index (κ2) is 8.99. The lowest BCUT2D eigenvalue weighted by Gasteiger charge is -2.22. The Kier molecular flexibility index (Phi) is 7.85. The molecular weight excluding hydrogens is 270 g/mol. The lowest BCUT2D eigenvalue weighted by molar-refractivity contribution is -0.122. The standard InChI is InChI=1S/C12H22BrNO2/c13-8-2-3-9-14-12(15)7-6-11-5-1-4-10-16-11/h11H,1-10H2,(H,14,15). The third-order valence-corrected chi connectivity index (χ3v) is 3.41. The van der Waals surface area contributed by atoms with E-state index in [1.807, 2.05) is 0 Å². The van der Waals surface area contributed by atoms with E-state index in [0.29, 0.717) is 12.5 Å². The van der Waals surface area contributed by atoms with Crippen molar-refractivity contribution in [2.75, 3.05) is 18.5 Å². The normalized spacial score (nSPS) is 20.7. The average molecular weight is 292 g/mol. The maximum absolute atomic E-state index is 11.5. The zero-order chi connectivity index (χ0) is 11.6. The van der Waals surface area contributed by atoms with Gasteiger partial charge in [-0.2, -0.15) is 0 Å². The SMILES string of the molecule is O=C(CCC1CCCCO1)NCCCCBr. The fraction of sp³-hybridized carbons (Fsp3) is 0.917. The van der Waals surface area contributed by atoms with Crippen LogP contribution in [0.4, 0.5) is 0 Å². The van der Waals surface area contributed by atoms with Crippen LogP contribution in [0, 0.1) is 0 Å². The zero-order valence-electron chi connectivity index (χ0n) is 9.84. The van der Waals surface area contributed by atoms with Crippen LogP contribution in [0.15, 0.2) is 0 Å². The van der Waals surface area contributed by atoms with Gasteiger partial charge in [0.25, 0.3) is 0 Å². The van der Waals surface area contributed by atoms with Crippen LogP contribution in [-0.4, -0.2) is 30.5 Å². The molecule has 0 aromatic heterocycles. The van der Waals surface area contributed by atoms with Gasteiger partial charge in [-0.05, 0) is 38.5 Å². The summed E-state index contributed by atoms with van der Waals surface area (Å²) in [5.74, 6) is 0.170. The number of amides is 1. The highest BCUT2D eigenvalue weighted by Gasteiger charge is 2.14. The van der Waals surface area contributed by atoms with Gasteiger partial charge in [0.2, 0.25) is 5.91 Å². The first-order chi connectivity index (χ1) is 7.83. The monoisotopic (exact) mass is 291 g/mol. The lowest BCUT2D eigenvalue weighted by atomic mass is 10.0. The Morgan fingerprint density at radius 2 is 2.25 bits per heavy atom. The van der Waals surface area contributed by atoms with Gasteiger partial charge in [-0.25, -0.2) is 0 Å². The molecule has 1 aliphatic heterocycles. The van der Waals surface area contributed by atoms with Crippen molar-refractivity contribution in [1.82, 2.24) is 5.32 Å². The first kappa shape index (κ1) is 14.0. The minimum Gasteiger partial charge on any atom is -0.378 e. The van der Waals surface area contributed by atoms with E-state index < -0.39 is 0 Å². The topological polar surface area (TPSA) is 38.3 Å². The molecule has 0 bridgehead atoms. The van der Waals surface area contributed by atoms with E-state index in [-0.39, 0.29) is 5.91 Å². The third kappa shape index (κ3) is 6.48. The second-order valence-corrected chi connectivity index (χ2v) is 5.07. The van der Waals surface area contributed by atoms with E-state index in [1.54, 1.807) is 0 Å². The number of carbonyl (C=O) groups is 1. The number of alkyl halides is 1. The molecule has 16 heavy (non-hydrogen) atoms. The van der Waals surface area contributed by atoms with Crippen molar-refractivity contribution in [3.63, 3.8) is 0 Å². The molecule has 4 heteroatoms. The van der Waals surface area contributed by atoms with Gasteiger partial charge in [0.15, 0.2) is 0 Å². The van der Waals surface area contributed by atoms with Crippen LogP contribution in [-0.2, 0) is 9.53 Å². The summed E-state index contributed by atoms with van der Waals surface area (Å²) in [4.78, 5) is 11.5. The Hall–Kier alpha value is -0.0900. The smallest absolute Gasteiger partial charge is 0.220 e. The molecule has 0 saturated carbocycles. The van der Waals surface area contributed by atoms with Gasteiger partial charge in [-0.1, -0.05) is 15.9 Å². The molecule has 1 aliphatic rings. The molecule has 1 N–H and O–H groups in total. The molecule has 0 aliphatic carbocycles. The molecule has 0 aromatic rings. The zero-order valence-corrected chi connectivity index (χ0v) is 11.4. The fourth-order valence-electron chi connectivity index (χ4n) is 1.86. The molecule has 0 aromatic carbocycles. The number of nitrogens with one attached hydrogen (secondary N) is 1. The predicted molar refractivity (Wildman–Crippen MR) is 68.9 cm³/mol. The summed E-state index contributed by atoms with van der Waals surface area (Å²) in [7, 11) is 0. The van der Waals surface area contributed by atoms with Crippen LogP contribution < -0.4 is 5.32 Å². The van der Waals surface area contributed by atoms with Crippen molar-refractivity contribution < 1.29 is 9.53 Å². The molecular formula is C12H22BrNO2. The fourth-order valence-corrected chi connectivity index (χ4v) is 2.26. The molecule has 1 saturated heterocycles. The molecule has 1 rings (SSSR count). The highest BCUT2D eigenvalue weighted by molar-refractivity contribution is 9.09. The summed E-state index contributed by atoms with van der Waals surface area (Å²) in [6.07, 6.45) is 7.53. The summed E-state index contributed by atoms with van der Waals surface area (Å²) >= 11 is 3.37. The van der Waals surface area contributed by atoms with Crippen LogP contribution in [0.25, 0.3) is 0 Å². The summed E-state index contributed by atoms with van der Waals surface area (Å²) in [6, 6.07) is 0. The molecule has 0 radical (unpaired) electrons. The van der Waals surface area contributed by atoms with Gasteiger partial charge >= 0.3 is 0 Å². The minimum absolute atomic E-state index is 0.170. The molecule has 94 valence electrons. The first-order valence-corrected chi connectivity index (χ1v) is 7.39. The average Bonchev–Trinajstić information content (AvgIpc) is 2.33. The summed E-state index contributed by atoms with van der Waals surface area (Å²) in [5.41, 5.74) is 0. The lowest BCUT2D eigenvalue weighted by Crippen LogP contribution is -2.27. The highest BCUT2D eigenvalue weighted by Crippen LogP contribution is 2.16. The summed E-state index contributed by atoms with van der Waals surface area (Å²) in [6.45, 7) is 1.67. The van der Waals surface area contributed by atoms with Crippen molar-refractivity contribution in [3.05, 3.63) is 0 Å². The molecule has 0 spiro atoms. The quantitative estimate of drug-likeness (QED) is 0.578. The number of rotatable bonds is 7. The Morgan fingerprint density at radius 3 is 2.94 bits per heavy atom. The van der Waals surface area contributed by atoms with E-state index in [9.17, 15) is 4.79 Å². The molecule has 3 nitrogen and oxygen atoms in total. The summed E-state index contributed by atoms with van der Waals surface area (Å²) < 4.78 is 5.59. The molecule has 1 atom stereocenters. The van der Waals surface area contributed by atoms with Crippen molar-refractivity contribution in [2.45, 2.75) is 51.0 Å². The Balaban J connectivity index is 1.96. The van der Waals surface area contributed by atoms with Crippen molar-refractivity contribution in [3.8, 4) is 0 Å². The van der Waals surface area contributed by atoms with Crippen LogP contribution in [0.1, 0.15) is 44.9 Å². The third-order valence-electron chi connectivity index (χ3n) is 2.85. The van der Waals surface area contributed by atoms with E-state index in [2.05, 4.69) is 21.2 Å². The van der Waals surface area contributed by atoms with Gasteiger partial charge in [0.1, 0.15) is 0 Å². The Morgan fingerprint density at radius 1 is 1.38 bits per heavy atom. The van der Waals surface area contributed by atoms with Crippen molar-refractivity contribution in [1.29, 1.82) is 0 Å². The van der Waals surface area contributed by atoms with Gasteiger partial charge in [0, 0.05) is 24.9 Å². The molecule has 1 amide bonds. The van der Waals surface area contributed by atoms with Crippen LogP contribution in [0.5, 0.6) is 0 Å². The number of hydrogen-bond acceptors (Lipinski definition) is 2. The number of ether oxygens (including phenoxy) is 1. The van der Waals surface area contributed by atoms with E-state index in [0.717, 1.165) is 44.2 Å². The minimum atomic E-state index is 0.170. The van der Waals surface area contributed by atoms with Crippen LogP contribution in [0.3, 0.4) is 0 Å². The summed E-state index contributed by atoms with van der Waals surface area (Å²) in [5, 5.41) is 3.95. The Labute approximate surface area is 106 Å². The number of carbonyl (C=O) groups excluding carboxylic acids is 1. The number of unbranched alkanes of at least 4 members (excludes halogenated alkanes) is 1. The predicted octanol–water partition coefficient (Wildman–Crippen LogP) is 2.63. The van der Waals surface area contributed by atoms with Crippen molar-refractivity contribution in [2.24, 2.45) is 0 Å². The van der Waals surface area contributed by atoms with Gasteiger partial charge < -0.3 is 10.1 Å². The van der Waals surface area contributed by atoms with E-state index >= 15 is 0 Å². The highest BCUT2D eigenvalue weighted by atomic mass is 79.9. The molecule has 1 unspecified atom stereocenters. The van der Waals surface area contributed by atoms with Crippen molar-refractivity contribution >= 4 is 21.8 Å². The molecule has 1 heterocycles.